The maximum Gasteiger partial charge on any atom is 0.251 e. The van der Waals surface area contributed by atoms with Crippen LogP contribution in [0.1, 0.15) is 17.0 Å². The number of H-pyrrole nitrogens is 1. The van der Waals surface area contributed by atoms with Crippen molar-refractivity contribution in [3.63, 3.8) is 0 Å². The Morgan fingerprint density at radius 3 is 2.66 bits per heavy atom. The average molecular weight is 384 g/mol. The van der Waals surface area contributed by atoms with Crippen LogP contribution in [0, 0.1) is 0 Å². The van der Waals surface area contributed by atoms with Gasteiger partial charge in [-0.2, -0.15) is 0 Å². The van der Waals surface area contributed by atoms with Crippen molar-refractivity contribution in [2.45, 2.75) is 6.61 Å². The summed E-state index contributed by atoms with van der Waals surface area (Å²) in [4.78, 5) is 24.2. The van der Waals surface area contributed by atoms with Crippen LogP contribution in [0.15, 0.2) is 73.1 Å². The molecule has 0 atom stereocenters. The van der Waals surface area contributed by atoms with Crippen LogP contribution >= 0.6 is 0 Å². The minimum Gasteiger partial charge on any atom is -0.486 e. The number of hydrogen-bond donors (Lipinski definition) is 2. The Balaban J connectivity index is 1.50. The van der Waals surface area contributed by atoms with E-state index in [1.165, 1.54) is 0 Å². The van der Waals surface area contributed by atoms with E-state index in [2.05, 4.69) is 20.3 Å². The Morgan fingerprint density at radius 1 is 1.10 bits per heavy atom. The summed E-state index contributed by atoms with van der Waals surface area (Å²) in [5.41, 5.74) is 4.11. The molecule has 29 heavy (non-hydrogen) atoms. The number of carbonyl (C=O) groups is 1. The van der Waals surface area contributed by atoms with Gasteiger partial charge in [-0.25, -0.2) is 4.98 Å². The number of hydrogen-bond acceptors (Lipinski definition) is 4. The molecule has 6 heteroatoms. The summed E-state index contributed by atoms with van der Waals surface area (Å²) in [6, 6.07) is 19.0. The highest BCUT2D eigenvalue weighted by molar-refractivity contribution is 6.24. The smallest absolute Gasteiger partial charge is 0.251 e. The van der Waals surface area contributed by atoms with Crippen LogP contribution in [0.5, 0.6) is 5.75 Å². The fourth-order valence-corrected chi connectivity index (χ4v) is 3.00. The van der Waals surface area contributed by atoms with Crippen molar-refractivity contribution in [1.29, 1.82) is 0 Å². The van der Waals surface area contributed by atoms with Crippen molar-refractivity contribution in [3.05, 3.63) is 90.0 Å². The topological polar surface area (TPSA) is 79.9 Å². The molecule has 2 aromatic heterocycles. The van der Waals surface area contributed by atoms with Crippen LogP contribution in [0.3, 0.4) is 0 Å². The number of ether oxygens (including phenoxy) is 1. The molecule has 1 amide bonds. The number of likely N-dealkylation sites (N-methyl/N-ethyl adjacent to an activating group) is 1. The van der Waals surface area contributed by atoms with Gasteiger partial charge in [0.1, 0.15) is 18.2 Å². The molecule has 0 spiro atoms. The number of benzene rings is 2. The second kappa shape index (κ2) is 8.39. The van der Waals surface area contributed by atoms with Gasteiger partial charge in [-0.05, 0) is 47.5 Å². The number of imidazole rings is 1. The van der Waals surface area contributed by atoms with Gasteiger partial charge in [0.25, 0.3) is 5.91 Å². The van der Waals surface area contributed by atoms with Crippen LogP contribution in [-0.2, 0) is 11.4 Å². The number of aromatic nitrogens is 3. The number of amides is 1. The summed E-state index contributed by atoms with van der Waals surface area (Å²) < 4.78 is 5.84. The van der Waals surface area contributed by atoms with Crippen molar-refractivity contribution in [3.8, 4) is 5.75 Å². The molecular formula is C23H20N4O2. The van der Waals surface area contributed by atoms with E-state index in [0.717, 1.165) is 28.0 Å². The van der Waals surface area contributed by atoms with Gasteiger partial charge >= 0.3 is 0 Å². The Morgan fingerprint density at radius 2 is 1.93 bits per heavy atom. The van der Waals surface area contributed by atoms with Gasteiger partial charge in [0, 0.05) is 25.0 Å². The Labute approximate surface area is 168 Å². The third kappa shape index (κ3) is 4.32. The first-order chi connectivity index (χ1) is 14.2. The minimum absolute atomic E-state index is 0.162. The van der Waals surface area contributed by atoms with Gasteiger partial charge in [0.2, 0.25) is 0 Å². The Kier molecular flexibility index (Phi) is 5.33. The molecule has 0 fully saturated rings. The number of nitrogens with zero attached hydrogens (tertiary/aromatic N) is 2. The van der Waals surface area contributed by atoms with Gasteiger partial charge in [0.15, 0.2) is 0 Å². The molecular weight excluding hydrogens is 364 g/mol. The molecule has 0 bridgehead atoms. The average Bonchev–Trinajstić information content (AvgIpc) is 3.20. The first-order valence-corrected chi connectivity index (χ1v) is 9.23. The van der Waals surface area contributed by atoms with E-state index in [-0.39, 0.29) is 5.91 Å². The third-order valence-corrected chi connectivity index (χ3v) is 4.45. The summed E-state index contributed by atoms with van der Waals surface area (Å²) in [7, 11) is 1.62. The summed E-state index contributed by atoms with van der Waals surface area (Å²) in [6.45, 7) is 0.335. The predicted molar refractivity (Wildman–Crippen MR) is 113 cm³/mol. The lowest BCUT2D eigenvalue weighted by Gasteiger charge is -2.09. The molecule has 4 rings (SSSR count). The summed E-state index contributed by atoms with van der Waals surface area (Å²) in [6.07, 6.45) is 5.23. The van der Waals surface area contributed by atoms with E-state index in [4.69, 9.17) is 4.74 Å². The third-order valence-electron chi connectivity index (χ3n) is 4.45. The van der Waals surface area contributed by atoms with Gasteiger partial charge in [0.05, 0.1) is 11.0 Å². The highest BCUT2D eigenvalue weighted by Crippen LogP contribution is 2.22. The molecule has 0 aliphatic heterocycles. The van der Waals surface area contributed by atoms with Crippen molar-refractivity contribution in [1.82, 2.24) is 20.3 Å². The molecule has 0 radical (unpaired) electrons. The van der Waals surface area contributed by atoms with E-state index < -0.39 is 0 Å². The minimum atomic E-state index is -0.162. The van der Waals surface area contributed by atoms with E-state index in [1.54, 1.807) is 19.4 Å². The second-order valence-electron chi connectivity index (χ2n) is 6.44. The molecule has 0 saturated carbocycles. The maximum atomic E-state index is 12.4. The van der Waals surface area contributed by atoms with Crippen molar-refractivity contribution < 1.29 is 9.53 Å². The molecule has 0 saturated heterocycles. The molecule has 6 nitrogen and oxygen atoms in total. The number of rotatable bonds is 6. The van der Waals surface area contributed by atoms with Gasteiger partial charge in [-0.1, -0.05) is 30.3 Å². The number of carbonyl (C=O) groups excluding carboxylic acids is 1. The number of para-hydroxylation sites is 2. The predicted octanol–water partition coefficient (Wildman–Crippen LogP) is 3.82. The lowest BCUT2D eigenvalue weighted by molar-refractivity contribution is -0.115. The zero-order valence-corrected chi connectivity index (χ0v) is 15.9. The second-order valence-corrected chi connectivity index (χ2v) is 6.44. The first kappa shape index (κ1) is 18.4. The summed E-state index contributed by atoms with van der Waals surface area (Å²) >= 11 is 0. The molecule has 2 aromatic carbocycles. The maximum absolute atomic E-state index is 12.4. The van der Waals surface area contributed by atoms with Crippen molar-refractivity contribution in [2.24, 2.45) is 0 Å². The Hall–Kier alpha value is -3.93. The van der Waals surface area contributed by atoms with Crippen molar-refractivity contribution >= 4 is 28.6 Å². The quantitative estimate of drug-likeness (QED) is 0.495. The standard InChI is InChI=1S/C23H20N4O2/c1-24-23(28)19(13-16-5-4-12-25-14-16)17-8-10-18(11-9-17)29-15-22-26-20-6-2-3-7-21(20)27-22/h2-14H,15H2,1H3,(H,24,28)(H,26,27)/b19-13+. The van der Waals surface area contributed by atoms with Gasteiger partial charge < -0.3 is 15.0 Å². The fraction of sp³-hybridized carbons (Fsp3) is 0.0870. The molecule has 4 aromatic rings. The van der Waals surface area contributed by atoms with Gasteiger partial charge in [-0.15, -0.1) is 0 Å². The first-order valence-electron chi connectivity index (χ1n) is 9.23. The number of fused-ring (bicyclic) bond motifs is 1. The highest BCUT2D eigenvalue weighted by atomic mass is 16.5. The van der Waals surface area contributed by atoms with E-state index >= 15 is 0 Å². The largest absolute Gasteiger partial charge is 0.486 e. The molecule has 0 aliphatic carbocycles. The fourth-order valence-electron chi connectivity index (χ4n) is 3.00. The number of aromatic amines is 1. The lowest BCUT2D eigenvalue weighted by atomic mass is 10.0. The van der Waals surface area contributed by atoms with Crippen LogP contribution in [0.2, 0.25) is 0 Å². The number of nitrogens with one attached hydrogen (secondary N) is 2. The highest BCUT2D eigenvalue weighted by Gasteiger charge is 2.11. The zero-order chi connectivity index (χ0) is 20.1. The monoisotopic (exact) mass is 384 g/mol. The van der Waals surface area contributed by atoms with Crippen LogP contribution < -0.4 is 10.1 Å². The van der Waals surface area contributed by atoms with E-state index in [0.29, 0.717) is 17.9 Å². The molecule has 2 heterocycles. The van der Waals surface area contributed by atoms with E-state index in [9.17, 15) is 4.79 Å². The zero-order valence-electron chi connectivity index (χ0n) is 15.9. The van der Waals surface area contributed by atoms with E-state index in [1.807, 2.05) is 66.7 Å². The van der Waals surface area contributed by atoms with Crippen LogP contribution in [0.4, 0.5) is 0 Å². The summed E-state index contributed by atoms with van der Waals surface area (Å²) in [5.74, 6) is 1.30. The lowest BCUT2D eigenvalue weighted by Crippen LogP contribution is -2.19. The van der Waals surface area contributed by atoms with Crippen molar-refractivity contribution in [2.75, 3.05) is 7.05 Å². The normalized spacial score (nSPS) is 11.4. The molecule has 144 valence electrons. The molecule has 0 unspecified atom stereocenters. The van der Waals surface area contributed by atoms with Crippen LogP contribution in [-0.4, -0.2) is 27.9 Å². The van der Waals surface area contributed by atoms with Crippen LogP contribution in [0.25, 0.3) is 22.7 Å². The SMILES string of the molecule is CNC(=O)/C(=C/c1cccnc1)c1ccc(OCc2nc3ccccc3[nH]2)cc1. The van der Waals surface area contributed by atoms with Gasteiger partial charge in [-0.3, -0.25) is 9.78 Å². The Bertz CT molecular complexity index is 1120. The number of pyridine rings is 1. The summed E-state index contributed by atoms with van der Waals surface area (Å²) in [5, 5.41) is 2.69. The molecule has 2 N–H and O–H groups in total. The molecule has 0 aliphatic rings.